The number of nitrogens with one attached hydrogen (secondary N) is 1. The summed E-state index contributed by atoms with van der Waals surface area (Å²) in [7, 11) is 1.33. The van der Waals surface area contributed by atoms with Gasteiger partial charge in [0.2, 0.25) is 0 Å². The summed E-state index contributed by atoms with van der Waals surface area (Å²) in [4.78, 5) is 33.5. The van der Waals surface area contributed by atoms with Gasteiger partial charge >= 0.3 is 5.97 Å². The number of rotatable bonds is 3. The molecule has 6 nitrogen and oxygen atoms in total. The number of nitrogens with zero attached hydrogens (tertiary/aromatic N) is 2. The Bertz CT molecular complexity index is 873. The van der Waals surface area contributed by atoms with E-state index in [2.05, 4.69) is 15.3 Å². The minimum atomic E-state index is -0.859. The number of hydrogen-bond donors (Lipinski definition) is 1. The quantitative estimate of drug-likeness (QED) is 0.878. The predicted molar refractivity (Wildman–Crippen MR) is 91.0 cm³/mol. The maximum Gasteiger partial charge on any atom is 0.338 e. The molecule has 0 fully saturated rings. The number of amides is 1. The fraction of sp³-hybridized carbons (Fsp3) is 0.333. The van der Waals surface area contributed by atoms with Crippen molar-refractivity contribution in [1.82, 2.24) is 10.3 Å². The lowest BCUT2D eigenvalue weighted by Gasteiger charge is -2.21. The molecule has 0 aliphatic carbocycles. The van der Waals surface area contributed by atoms with Crippen molar-refractivity contribution < 1.29 is 14.3 Å². The van der Waals surface area contributed by atoms with E-state index >= 15 is 0 Å². The molecule has 1 unspecified atom stereocenters. The van der Waals surface area contributed by atoms with Gasteiger partial charge in [0.05, 0.1) is 18.2 Å². The Balaban J connectivity index is 2.22. The van der Waals surface area contributed by atoms with Crippen LogP contribution in [0.25, 0.3) is 10.9 Å². The summed E-state index contributed by atoms with van der Waals surface area (Å²) < 4.78 is 4.88. The van der Waals surface area contributed by atoms with Crippen LogP contribution in [-0.4, -0.2) is 35.3 Å². The SMILES string of the molecule is COC(=O)c1cc2cccnc2cc1C1=NC(C)(C(C)C)C(=O)N1. The number of amidine groups is 1. The van der Waals surface area contributed by atoms with Crippen LogP contribution in [0.15, 0.2) is 35.5 Å². The third-order valence-corrected chi connectivity index (χ3v) is 4.56. The molecule has 1 aliphatic rings. The van der Waals surface area contributed by atoms with Crippen LogP contribution in [0.5, 0.6) is 0 Å². The lowest BCUT2D eigenvalue weighted by Crippen LogP contribution is -2.41. The van der Waals surface area contributed by atoms with Gasteiger partial charge in [-0.05, 0) is 31.0 Å². The van der Waals surface area contributed by atoms with Crippen LogP contribution in [-0.2, 0) is 9.53 Å². The Labute approximate surface area is 139 Å². The van der Waals surface area contributed by atoms with E-state index in [1.54, 1.807) is 31.3 Å². The Morgan fingerprint density at radius 2 is 2.08 bits per heavy atom. The second-order valence-corrected chi connectivity index (χ2v) is 6.30. The average molecular weight is 325 g/mol. The summed E-state index contributed by atoms with van der Waals surface area (Å²) in [5.74, 6) is -0.255. The first-order chi connectivity index (χ1) is 11.4. The third kappa shape index (κ3) is 2.44. The van der Waals surface area contributed by atoms with Crippen LogP contribution in [0.3, 0.4) is 0 Å². The molecule has 0 saturated heterocycles. The first-order valence-electron chi connectivity index (χ1n) is 7.75. The topological polar surface area (TPSA) is 80.7 Å². The summed E-state index contributed by atoms with van der Waals surface area (Å²) >= 11 is 0. The molecule has 1 atom stereocenters. The van der Waals surface area contributed by atoms with Crippen molar-refractivity contribution in [1.29, 1.82) is 0 Å². The number of hydrogen-bond acceptors (Lipinski definition) is 5. The van der Waals surface area contributed by atoms with Crippen molar-refractivity contribution in [2.45, 2.75) is 26.3 Å². The van der Waals surface area contributed by atoms with Crippen LogP contribution >= 0.6 is 0 Å². The fourth-order valence-corrected chi connectivity index (χ4v) is 2.66. The molecule has 6 heteroatoms. The lowest BCUT2D eigenvalue weighted by molar-refractivity contribution is -0.124. The van der Waals surface area contributed by atoms with Crippen molar-refractivity contribution in [2.24, 2.45) is 10.9 Å². The summed E-state index contributed by atoms with van der Waals surface area (Å²) in [5.41, 5.74) is 0.730. The van der Waals surface area contributed by atoms with E-state index in [-0.39, 0.29) is 11.8 Å². The smallest absolute Gasteiger partial charge is 0.338 e. The van der Waals surface area contributed by atoms with E-state index in [0.29, 0.717) is 17.0 Å². The summed E-state index contributed by atoms with van der Waals surface area (Å²) in [5, 5.41) is 3.62. The molecule has 0 spiro atoms. The van der Waals surface area contributed by atoms with Gasteiger partial charge in [0.25, 0.3) is 5.91 Å². The highest BCUT2D eigenvalue weighted by atomic mass is 16.5. The second-order valence-electron chi connectivity index (χ2n) is 6.30. The molecule has 1 aromatic carbocycles. The van der Waals surface area contributed by atoms with E-state index < -0.39 is 11.5 Å². The van der Waals surface area contributed by atoms with Crippen molar-refractivity contribution in [3.8, 4) is 0 Å². The Morgan fingerprint density at radius 1 is 1.33 bits per heavy atom. The number of esters is 1. The lowest BCUT2D eigenvalue weighted by atomic mass is 9.89. The van der Waals surface area contributed by atoms with Gasteiger partial charge in [-0.3, -0.25) is 14.8 Å². The number of aromatic nitrogens is 1. The number of benzene rings is 1. The van der Waals surface area contributed by atoms with E-state index in [1.165, 1.54) is 7.11 Å². The number of carbonyl (C=O) groups excluding carboxylic acids is 2. The average Bonchev–Trinajstić information content (AvgIpc) is 2.89. The number of carbonyl (C=O) groups is 2. The highest BCUT2D eigenvalue weighted by Gasteiger charge is 2.42. The third-order valence-electron chi connectivity index (χ3n) is 4.56. The Morgan fingerprint density at radius 3 is 2.71 bits per heavy atom. The van der Waals surface area contributed by atoms with Crippen molar-refractivity contribution in [2.75, 3.05) is 7.11 Å². The maximum absolute atomic E-state index is 12.4. The molecule has 0 saturated carbocycles. The largest absolute Gasteiger partial charge is 0.465 e. The van der Waals surface area contributed by atoms with Gasteiger partial charge in [-0.2, -0.15) is 0 Å². The van der Waals surface area contributed by atoms with Gasteiger partial charge in [0.15, 0.2) is 0 Å². The fourth-order valence-electron chi connectivity index (χ4n) is 2.66. The molecule has 124 valence electrons. The zero-order chi connectivity index (χ0) is 17.5. The minimum Gasteiger partial charge on any atom is -0.465 e. The number of ether oxygens (including phenoxy) is 1. The van der Waals surface area contributed by atoms with Crippen LogP contribution in [0, 0.1) is 5.92 Å². The van der Waals surface area contributed by atoms with E-state index in [0.717, 1.165) is 10.9 Å². The highest BCUT2D eigenvalue weighted by Crippen LogP contribution is 2.29. The number of fused-ring (bicyclic) bond motifs is 1. The molecule has 1 N–H and O–H groups in total. The Hall–Kier alpha value is -2.76. The highest BCUT2D eigenvalue weighted by molar-refractivity contribution is 6.19. The van der Waals surface area contributed by atoms with E-state index in [1.807, 2.05) is 19.9 Å². The molecule has 24 heavy (non-hydrogen) atoms. The molecule has 3 rings (SSSR count). The van der Waals surface area contributed by atoms with Crippen LogP contribution in [0.1, 0.15) is 36.7 Å². The maximum atomic E-state index is 12.4. The molecule has 1 aromatic heterocycles. The summed E-state index contributed by atoms with van der Waals surface area (Å²) in [6.45, 7) is 5.67. The first-order valence-corrected chi connectivity index (χ1v) is 7.75. The first kappa shape index (κ1) is 16.1. The van der Waals surface area contributed by atoms with Gasteiger partial charge in [0, 0.05) is 17.1 Å². The van der Waals surface area contributed by atoms with Crippen molar-refractivity contribution in [3.05, 3.63) is 41.6 Å². The zero-order valence-corrected chi connectivity index (χ0v) is 14.1. The van der Waals surface area contributed by atoms with E-state index in [4.69, 9.17) is 4.74 Å². The summed E-state index contributed by atoms with van der Waals surface area (Å²) in [6, 6.07) is 7.13. The van der Waals surface area contributed by atoms with Gasteiger partial charge < -0.3 is 10.1 Å². The molecule has 0 bridgehead atoms. The normalized spacial score (nSPS) is 20.2. The number of aliphatic imine (C=N–C) groups is 1. The standard InChI is InChI=1S/C18H19N3O3/c1-10(2)18(3)17(23)20-15(21-18)12-9-14-11(6-5-7-19-14)8-13(12)16(22)24-4/h5-10H,1-4H3,(H,20,21,23). The van der Waals surface area contributed by atoms with Gasteiger partial charge in [-0.15, -0.1) is 0 Å². The van der Waals surface area contributed by atoms with Gasteiger partial charge in [-0.1, -0.05) is 19.9 Å². The van der Waals surface area contributed by atoms with Gasteiger partial charge in [-0.25, -0.2) is 4.79 Å². The van der Waals surface area contributed by atoms with Crippen LogP contribution in [0.4, 0.5) is 0 Å². The van der Waals surface area contributed by atoms with Gasteiger partial charge in [0.1, 0.15) is 11.4 Å². The molecule has 2 aromatic rings. The van der Waals surface area contributed by atoms with Crippen LogP contribution < -0.4 is 5.32 Å². The monoisotopic (exact) mass is 325 g/mol. The van der Waals surface area contributed by atoms with Crippen molar-refractivity contribution in [3.63, 3.8) is 0 Å². The number of methoxy groups -OCH3 is 1. The Kier molecular flexibility index (Phi) is 3.83. The molecule has 1 amide bonds. The molecule has 2 heterocycles. The minimum absolute atomic E-state index is 0.0233. The van der Waals surface area contributed by atoms with Crippen LogP contribution in [0.2, 0.25) is 0 Å². The number of pyridine rings is 1. The molecular weight excluding hydrogens is 306 g/mol. The molecular formula is C18H19N3O3. The zero-order valence-electron chi connectivity index (χ0n) is 14.1. The summed E-state index contributed by atoms with van der Waals surface area (Å²) in [6.07, 6.45) is 1.68. The predicted octanol–water partition coefficient (Wildman–Crippen LogP) is 2.31. The molecule has 0 radical (unpaired) electrons. The molecule has 1 aliphatic heterocycles. The van der Waals surface area contributed by atoms with E-state index in [9.17, 15) is 9.59 Å². The van der Waals surface area contributed by atoms with Crippen molar-refractivity contribution >= 4 is 28.6 Å². The second kappa shape index (κ2) is 5.70.